The molecule has 0 atom stereocenters. The van der Waals surface area contributed by atoms with Crippen LogP contribution in [0.4, 0.5) is 4.39 Å². The zero-order valence-corrected chi connectivity index (χ0v) is 14.3. The van der Waals surface area contributed by atoms with Crippen molar-refractivity contribution in [3.05, 3.63) is 77.1 Å². The van der Waals surface area contributed by atoms with Crippen LogP contribution in [-0.4, -0.2) is 15.0 Å². The van der Waals surface area contributed by atoms with Gasteiger partial charge in [-0.1, -0.05) is 48.0 Å². The quantitative estimate of drug-likeness (QED) is 0.492. The van der Waals surface area contributed by atoms with Crippen LogP contribution in [0.1, 0.15) is 12.5 Å². The Morgan fingerprint density at radius 1 is 1.04 bits per heavy atom. The smallest absolute Gasteiger partial charge is 0.133 e. The number of benzene rings is 3. The van der Waals surface area contributed by atoms with E-state index < -0.39 is 0 Å². The topological polar surface area (TPSA) is 30.7 Å². The Morgan fingerprint density at radius 2 is 1.88 bits per heavy atom. The number of hydrogen-bond acceptors (Lipinski definition) is 2. The molecule has 0 aliphatic carbocycles. The molecule has 25 heavy (non-hydrogen) atoms. The van der Waals surface area contributed by atoms with Crippen LogP contribution in [0.2, 0.25) is 5.02 Å². The van der Waals surface area contributed by atoms with Crippen LogP contribution in [0.15, 0.2) is 60.7 Å². The maximum atomic E-state index is 14.9. The SMILES string of the molecule is CCc1ccc(Cl)cc1-c1c(F)cccc1-n1nnc2ccccc21. The minimum Gasteiger partial charge on any atom is -0.212 e. The van der Waals surface area contributed by atoms with Crippen LogP contribution in [-0.2, 0) is 6.42 Å². The number of aromatic nitrogens is 3. The van der Waals surface area contributed by atoms with Crippen LogP contribution in [0.5, 0.6) is 0 Å². The number of nitrogens with zero attached hydrogens (tertiary/aromatic N) is 3. The van der Waals surface area contributed by atoms with Gasteiger partial charge in [-0.15, -0.1) is 5.10 Å². The van der Waals surface area contributed by atoms with Crippen molar-refractivity contribution >= 4 is 22.6 Å². The summed E-state index contributed by atoms with van der Waals surface area (Å²) in [6.07, 6.45) is 0.776. The third-order valence-electron chi connectivity index (χ3n) is 4.29. The van der Waals surface area contributed by atoms with E-state index in [2.05, 4.69) is 10.3 Å². The maximum absolute atomic E-state index is 14.9. The molecule has 0 radical (unpaired) electrons. The molecule has 0 bridgehead atoms. The third kappa shape index (κ3) is 2.68. The molecule has 0 aliphatic heterocycles. The normalized spacial score (nSPS) is 11.2. The van der Waals surface area contributed by atoms with Crippen molar-refractivity contribution in [3.63, 3.8) is 0 Å². The molecule has 1 heterocycles. The molecule has 0 saturated carbocycles. The van der Waals surface area contributed by atoms with Crippen molar-refractivity contribution in [2.45, 2.75) is 13.3 Å². The van der Waals surface area contributed by atoms with E-state index in [4.69, 9.17) is 11.6 Å². The summed E-state index contributed by atoms with van der Waals surface area (Å²) >= 11 is 6.19. The Balaban J connectivity index is 2.04. The maximum Gasteiger partial charge on any atom is 0.133 e. The van der Waals surface area contributed by atoms with E-state index in [0.29, 0.717) is 16.3 Å². The molecule has 3 nitrogen and oxygen atoms in total. The molecule has 0 unspecified atom stereocenters. The van der Waals surface area contributed by atoms with Crippen molar-refractivity contribution in [3.8, 4) is 16.8 Å². The first-order valence-corrected chi connectivity index (χ1v) is 8.45. The molecular weight excluding hydrogens is 337 g/mol. The monoisotopic (exact) mass is 351 g/mol. The Morgan fingerprint density at radius 3 is 2.72 bits per heavy atom. The van der Waals surface area contributed by atoms with Crippen molar-refractivity contribution < 1.29 is 4.39 Å². The number of rotatable bonds is 3. The Kier molecular flexibility index (Phi) is 3.98. The minimum atomic E-state index is -0.311. The predicted octanol–water partition coefficient (Wildman–Crippen LogP) is 5.44. The largest absolute Gasteiger partial charge is 0.212 e. The van der Waals surface area contributed by atoms with Gasteiger partial charge in [0.15, 0.2) is 0 Å². The third-order valence-corrected chi connectivity index (χ3v) is 4.53. The average Bonchev–Trinajstić information content (AvgIpc) is 3.05. The van der Waals surface area contributed by atoms with Gasteiger partial charge in [0.05, 0.1) is 11.2 Å². The molecule has 5 heteroatoms. The lowest BCUT2D eigenvalue weighted by molar-refractivity contribution is 0.629. The highest BCUT2D eigenvalue weighted by atomic mass is 35.5. The molecule has 0 saturated heterocycles. The van der Waals surface area contributed by atoms with Gasteiger partial charge in [0, 0.05) is 10.6 Å². The number of aryl methyl sites for hydroxylation is 1. The fourth-order valence-corrected chi connectivity index (χ4v) is 3.26. The first-order valence-electron chi connectivity index (χ1n) is 8.07. The molecule has 0 N–H and O–H groups in total. The standard InChI is InChI=1S/C20H15ClFN3/c1-2-13-10-11-14(21)12-15(13)20-16(22)6-5-9-19(20)25-18-8-4-3-7-17(18)23-24-25/h3-12H,2H2,1H3. The first-order chi connectivity index (χ1) is 12.2. The van der Waals surface area contributed by atoms with Crippen molar-refractivity contribution in [2.75, 3.05) is 0 Å². The molecule has 0 spiro atoms. The van der Waals surface area contributed by atoms with Gasteiger partial charge in [0.1, 0.15) is 11.3 Å². The summed E-state index contributed by atoms with van der Waals surface area (Å²) in [7, 11) is 0. The predicted molar refractivity (Wildman–Crippen MR) is 98.6 cm³/mol. The molecule has 124 valence electrons. The van der Waals surface area contributed by atoms with Crippen LogP contribution in [0, 0.1) is 5.82 Å². The highest BCUT2D eigenvalue weighted by Gasteiger charge is 2.18. The van der Waals surface area contributed by atoms with Gasteiger partial charge >= 0.3 is 0 Å². The van der Waals surface area contributed by atoms with E-state index in [1.54, 1.807) is 16.8 Å². The second-order valence-electron chi connectivity index (χ2n) is 5.78. The number of fused-ring (bicyclic) bond motifs is 1. The Bertz CT molecular complexity index is 1070. The summed E-state index contributed by atoms with van der Waals surface area (Å²) in [6.45, 7) is 2.04. The Hall–Kier alpha value is -2.72. The number of hydrogen-bond donors (Lipinski definition) is 0. The lowest BCUT2D eigenvalue weighted by Crippen LogP contribution is -2.02. The lowest BCUT2D eigenvalue weighted by Gasteiger charge is -2.15. The van der Waals surface area contributed by atoms with Crippen LogP contribution in [0.3, 0.4) is 0 Å². The zero-order chi connectivity index (χ0) is 17.4. The molecule has 0 aliphatic rings. The molecule has 3 aromatic carbocycles. The van der Waals surface area contributed by atoms with Gasteiger partial charge in [-0.25, -0.2) is 9.07 Å². The average molecular weight is 352 g/mol. The van der Waals surface area contributed by atoms with Crippen LogP contribution < -0.4 is 0 Å². The van der Waals surface area contributed by atoms with Gasteiger partial charge < -0.3 is 0 Å². The summed E-state index contributed by atoms with van der Waals surface area (Å²) in [6, 6.07) is 18.2. The molecule has 4 rings (SSSR count). The second kappa shape index (κ2) is 6.30. The number of para-hydroxylation sites is 1. The van der Waals surface area contributed by atoms with Gasteiger partial charge in [0.25, 0.3) is 0 Å². The highest BCUT2D eigenvalue weighted by molar-refractivity contribution is 6.30. The first kappa shape index (κ1) is 15.8. The Labute approximate surface area is 149 Å². The zero-order valence-electron chi connectivity index (χ0n) is 13.6. The van der Waals surface area contributed by atoms with E-state index in [1.807, 2.05) is 49.4 Å². The van der Waals surface area contributed by atoms with Gasteiger partial charge in [-0.3, -0.25) is 0 Å². The van der Waals surface area contributed by atoms with E-state index in [9.17, 15) is 4.39 Å². The molecule has 1 aromatic heterocycles. The minimum absolute atomic E-state index is 0.311. The van der Waals surface area contributed by atoms with E-state index >= 15 is 0 Å². The molecular formula is C20H15ClFN3. The van der Waals surface area contributed by atoms with E-state index in [0.717, 1.165) is 28.6 Å². The van der Waals surface area contributed by atoms with Crippen molar-refractivity contribution in [1.29, 1.82) is 0 Å². The van der Waals surface area contributed by atoms with Crippen LogP contribution >= 0.6 is 11.6 Å². The van der Waals surface area contributed by atoms with E-state index in [-0.39, 0.29) is 5.82 Å². The summed E-state index contributed by atoms with van der Waals surface area (Å²) in [4.78, 5) is 0. The summed E-state index contributed by atoms with van der Waals surface area (Å²) in [5.41, 5.74) is 4.53. The fourth-order valence-electron chi connectivity index (χ4n) is 3.09. The summed E-state index contributed by atoms with van der Waals surface area (Å²) < 4.78 is 16.5. The van der Waals surface area contributed by atoms with Gasteiger partial charge in [-0.05, 0) is 53.9 Å². The van der Waals surface area contributed by atoms with Gasteiger partial charge in [0.2, 0.25) is 0 Å². The molecule has 0 fully saturated rings. The summed E-state index contributed by atoms with van der Waals surface area (Å²) in [5.74, 6) is -0.311. The molecule has 4 aromatic rings. The van der Waals surface area contributed by atoms with Crippen molar-refractivity contribution in [2.24, 2.45) is 0 Å². The van der Waals surface area contributed by atoms with Crippen molar-refractivity contribution in [1.82, 2.24) is 15.0 Å². The number of halogens is 2. The van der Waals surface area contributed by atoms with Gasteiger partial charge in [-0.2, -0.15) is 0 Å². The fraction of sp³-hybridized carbons (Fsp3) is 0.100. The lowest BCUT2D eigenvalue weighted by atomic mass is 9.96. The van der Waals surface area contributed by atoms with E-state index in [1.165, 1.54) is 6.07 Å². The molecule has 0 amide bonds. The summed E-state index contributed by atoms with van der Waals surface area (Å²) in [5, 5.41) is 9.00. The second-order valence-corrected chi connectivity index (χ2v) is 6.22. The highest BCUT2D eigenvalue weighted by Crippen LogP contribution is 2.35. The van der Waals surface area contributed by atoms with Crippen LogP contribution in [0.25, 0.3) is 27.8 Å².